The molecule has 114 valence electrons. The van der Waals surface area contributed by atoms with Crippen molar-refractivity contribution in [1.82, 2.24) is 0 Å². The van der Waals surface area contributed by atoms with Crippen molar-refractivity contribution >= 4 is 5.71 Å². The largest absolute Gasteiger partial charge is 0.623 e. The van der Waals surface area contributed by atoms with E-state index in [4.69, 9.17) is 4.74 Å². The lowest BCUT2D eigenvalue weighted by molar-refractivity contribution is -0.534. The molecule has 0 fully saturated rings. The predicted molar refractivity (Wildman–Crippen MR) is 88.6 cm³/mol. The van der Waals surface area contributed by atoms with E-state index in [0.29, 0.717) is 0 Å². The van der Waals surface area contributed by atoms with Crippen LogP contribution in [0.1, 0.15) is 37.3 Å². The van der Waals surface area contributed by atoms with E-state index in [2.05, 4.69) is 12.1 Å². The van der Waals surface area contributed by atoms with E-state index in [1.165, 1.54) is 10.3 Å². The van der Waals surface area contributed by atoms with Crippen molar-refractivity contribution in [1.29, 1.82) is 0 Å². The second-order valence-corrected chi connectivity index (χ2v) is 6.29. The maximum absolute atomic E-state index is 12.8. The molecule has 0 aliphatic carbocycles. The zero-order chi connectivity index (χ0) is 15.7. The highest BCUT2D eigenvalue weighted by atomic mass is 16.5. The molecule has 0 aromatic heterocycles. The fourth-order valence-electron chi connectivity index (χ4n) is 3.24. The summed E-state index contributed by atoms with van der Waals surface area (Å²) >= 11 is 0. The summed E-state index contributed by atoms with van der Waals surface area (Å²) in [6.45, 7) is 4.04. The number of hydrogen-bond acceptors (Lipinski definition) is 2. The Kier molecular flexibility index (Phi) is 3.65. The molecule has 3 heteroatoms. The van der Waals surface area contributed by atoms with Crippen molar-refractivity contribution in [3.8, 4) is 5.75 Å². The van der Waals surface area contributed by atoms with Gasteiger partial charge in [-0.1, -0.05) is 30.3 Å². The quantitative estimate of drug-likeness (QED) is 0.634. The average Bonchev–Trinajstić information content (AvgIpc) is 2.79. The van der Waals surface area contributed by atoms with Crippen molar-refractivity contribution < 1.29 is 9.48 Å². The Morgan fingerprint density at radius 2 is 1.68 bits per heavy atom. The zero-order valence-corrected chi connectivity index (χ0v) is 13.2. The molecule has 0 N–H and O–H groups in total. The van der Waals surface area contributed by atoms with Crippen molar-refractivity contribution in [2.45, 2.75) is 31.7 Å². The molecule has 1 aliphatic heterocycles. The highest BCUT2D eigenvalue weighted by Gasteiger charge is 2.47. The van der Waals surface area contributed by atoms with E-state index in [1.807, 2.05) is 56.3 Å². The summed E-state index contributed by atoms with van der Waals surface area (Å²) in [5.74, 6) is 1.00. The number of hydroxylamine groups is 1. The Hall–Kier alpha value is -2.29. The highest BCUT2D eigenvalue weighted by molar-refractivity contribution is 5.98. The van der Waals surface area contributed by atoms with Crippen LogP contribution in [0.3, 0.4) is 0 Å². The third kappa shape index (κ3) is 2.37. The molecule has 3 nitrogen and oxygen atoms in total. The van der Waals surface area contributed by atoms with Gasteiger partial charge in [0.2, 0.25) is 0 Å². The first-order valence-corrected chi connectivity index (χ1v) is 7.56. The molecule has 1 unspecified atom stereocenters. The van der Waals surface area contributed by atoms with E-state index < -0.39 is 5.54 Å². The average molecular weight is 295 g/mol. The van der Waals surface area contributed by atoms with E-state index in [0.717, 1.165) is 23.4 Å². The minimum Gasteiger partial charge on any atom is -0.623 e. The van der Waals surface area contributed by atoms with Crippen LogP contribution >= 0.6 is 0 Å². The van der Waals surface area contributed by atoms with Gasteiger partial charge >= 0.3 is 0 Å². The fourth-order valence-corrected chi connectivity index (χ4v) is 3.24. The van der Waals surface area contributed by atoms with Crippen LogP contribution in [0.15, 0.2) is 54.6 Å². The molecule has 2 aromatic carbocycles. The van der Waals surface area contributed by atoms with Gasteiger partial charge in [0.25, 0.3) is 0 Å². The lowest BCUT2D eigenvalue weighted by Crippen LogP contribution is -2.34. The molecular formula is C19H21NO2. The van der Waals surface area contributed by atoms with Crippen LogP contribution in [0.2, 0.25) is 0 Å². The van der Waals surface area contributed by atoms with E-state index >= 15 is 0 Å². The van der Waals surface area contributed by atoms with Crippen LogP contribution in [-0.2, 0) is 0 Å². The van der Waals surface area contributed by atoms with Gasteiger partial charge in [-0.25, -0.2) is 4.74 Å². The van der Waals surface area contributed by atoms with Crippen LogP contribution in [-0.4, -0.2) is 23.1 Å². The maximum atomic E-state index is 12.8. The molecule has 0 saturated carbocycles. The SMILES string of the molecule is COc1ccc(C2=[N+]([O-])C(C)(C)C(c3ccccc3)C2)cc1. The number of rotatable bonds is 3. The summed E-state index contributed by atoms with van der Waals surface area (Å²) in [5, 5.41) is 12.8. The minimum atomic E-state index is -0.448. The summed E-state index contributed by atoms with van der Waals surface area (Å²) in [4.78, 5) is 0. The number of methoxy groups -OCH3 is 1. The maximum Gasteiger partial charge on any atom is 0.195 e. The van der Waals surface area contributed by atoms with Crippen LogP contribution in [0.5, 0.6) is 5.75 Å². The van der Waals surface area contributed by atoms with Gasteiger partial charge < -0.3 is 9.94 Å². The van der Waals surface area contributed by atoms with Crippen molar-refractivity contribution in [3.05, 3.63) is 70.9 Å². The van der Waals surface area contributed by atoms with Gasteiger partial charge in [-0.15, -0.1) is 0 Å². The zero-order valence-electron chi connectivity index (χ0n) is 13.2. The summed E-state index contributed by atoms with van der Waals surface area (Å²) in [5.41, 5.74) is 2.59. The number of benzene rings is 2. The summed E-state index contributed by atoms with van der Waals surface area (Å²) < 4.78 is 6.38. The van der Waals surface area contributed by atoms with Crippen LogP contribution in [0.4, 0.5) is 0 Å². The standard InChI is InChI=1S/C19H21NO2/c1-19(2)17(14-7-5-4-6-8-14)13-18(20(19)21)15-9-11-16(22-3)12-10-15/h4-12,17H,13H2,1-3H3. The second kappa shape index (κ2) is 5.48. The normalized spacial score (nSPS) is 20.2. The smallest absolute Gasteiger partial charge is 0.195 e. The van der Waals surface area contributed by atoms with Crippen molar-refractivity contribution in [2.75, 3.05) is 7.11 Å². The monoisotopic (exact) mass is 295 g/mol. The third-order valence-electron chi connectivity index (χ3n) is 4.64. The molecular weight excluding hydrogens is 274 g/mol. The van der Waals surface area contributed by atoms with Gasteiger partial charge in [0, 0.05) is 25.8 Å². The Labute approximate surface area is 131 Å². The molecule has 1 atom stereocenters. The Balaban J connectivity index is 1.97. The molecule has 2 aromatic rings. The minimum absolute atomic E-state index is 0.198. The molecule has 0 spiro atoms. The molecule has 1 aliphatic rings. The van der Waals surface area contributed by atoms with Crippen molar-refractivity contribution in [2.24, 2.45) is 0 Å². The lowest BCUT2D eigenvalue weighted by Gasteiger charge is -2.26. The van der Waals surface area contributed by atoms with Crippen LogP contribution in [0, 0.1) is 5.21 Å². The van der Waals surface area contributed by atoms with E-state index in [-0.39, 0.29) is 5.92 Å². The first-order valence-electron chi connectivity index (χ1n) is 7.56. The Morgan fingerprint density at radius 1 is 1.05 bits per heavy atom. The Morgan fingerprint density at radius 3 is 2.27 bits per heavy atom. The molecule has 0 bridgehead atoms. The number of nitrogens with zero attached hydrogens (tertiary/aromatic N) is 1. The van der Waals surface area contributed by atoms with Crippen LogP contribution in [0.25, 0.3) is 0 Å². The lowest BCUT2D eigenvalue weighted by atomic mass is 9.81. The highest BCUT2D eigenvalue weighted by Crippen LogP contribution is 2.40. The van der Waals surface area contributed by atoms with Crippen molar-refractivity contribution in [3.63, 3.8) is 0 Å². The van der Waals surface area contributed by atoms with Gasteiger partial charge in [0.15, 0.2) is 11.3 Å². The number of ether oxygens (including phenoxy) is 1. The third-order valence-corrected chi connectivity index (χ3v) is 4.64. The van der Waals surface area contributed by atoms with Gasteiger partial charge in [-0.2, -0.15) is 0 Å². The molecule has 0 radical (unpaired) electrons. The molecule has 22 heavy (non-hydrogen) atoms. The van der Waals surface area contributed by atoms with E-state index in [9.17, 15) is 5.21 Å². The molecule has 3 rings (SSSR count). The summed E-state index contributed by atoms with van der Waals surface area (Å²) in [6, 6.07) is 18.0. The molecule has 1 heterocycles. The molecule has 0 amide bonds. The van der Waals surface area contributed by atoms with E-state index in [1.54, 1.807) is 7.11 Å². The fraction of sp³-hybridized carbons (Fsp3) is 0.316. The summed E-state index contributed by atoms with van der Waals surface area (Å²) in [6.07, 6.45) is 0.757. The van der Waals surface area contributed by atoms with Crippen LogP contribution < -0.4 is 4.74 Å². The molecule has 0 saturated heterocycles. The van der Waals surface area contributed by atoms with Gasteiger partial charge in [-0.05, 0) is 29.8 Å². The van der Waals surface area contributed by atoms with Gasteiger partial charge in [0.05, 0.1) is 13.0 Å². The summed E-state index contributed by atoms with van der Waals surface area (Å²) in [7, 11) is 1.65. The first-order chi connectivity index (χ1) is 10.5. The van der Waals surface area contributed by atoms with Gasteiger partial charge in [0.1, 0.15) is 5.75 Å². The van der Waals surface area contributed by atoms with Gasteiger partial charge in [-0.3, -0.25) is 0 Å². The predicted octanol–water partition coefficient (Wildman–Crippen LogP) is 3.96. The topological polar surface area (TPSA) is 35.3 Å². The second-order valence-electron chi connectivity index (χ2n) is 6.29. The first kappa shape index (κ1) is 14.6. The number of hydrogen-bond donors (Lipinski definition) is 0. The Bertz CT molecular complexity index is 687.